The molecule has 0 aromatic heterocycles. The molecular formula is C9H16F3N3O. The van der Waals surface area contributed by atoms with E-state index in [1.807, 2.05) is 0 Å². The topological polar surface area (TPSA) is 72.3 Å². The van der Waals surface area contributed by atoms with E-state index in [0.717, 1.165) is 0 Å². The van der Waals surface area contributed by atoms with Gasteiger partial charge < -0.3 is 11.5 Å². The maximum absolute atomic E-state index is 12.1. The number of nitrogens with two attached hydrogens (primary N) is 2. The molecule has 0 saturated heterocycles. The van der Waals surface area contributed by atoms with E-state index in [-0.39, 0.29) is 12.5 Å². The largest absolute Gasteiger partial charge is 0.401 e. The molecule has 1 rings (SSSR count). The van der Waals surface area contributed by atoms with Gasteiger partial charge in [-0.1, -0.05) is 0 Å². The van der Waals surface area contributed by atoms with Crippen LogP contribution < -0.4 is 11.5 Å². The molecule has 0 aromatic carbocycles. The van der Waals surface area contributed by atoms with Crippen molar-refractivity contribution < 1.29 is 18.0 Å². The molecule has 2 atom stereocenters. The second-order valence-electron chi connectivity index (χ2n) is 4.45. The van der Waals surface area contributed by atoms with E-state index in [4.69, 9.17) is 11.5 Å². The zero-order chi connectivity index (χ0) is 12.6. The molecule has 1 aliphatic carbocycles. The maximum Gasteiger partial charge on any atom is 0.401 e. The van der Waals surface area contributed by atoms with E-state index in [1.165, 1.54) is 11.9 Å². The third-order valence-electron chi connectivity index (χ3n) is 3.07. The average Bonchev–Trinajstić information content (AvgIpc) is 2.46. The maximum atomic E-state index is 12.1. The van der Waals surface area contributed by atoms with Crippen molar-refractivity contribution in [1.29, 1.82) is 0 Å². The Morgan fingerprint density at radius 3 is 2.50 bits per heavy atom. The standard InChI is InChI=1S/C9H16F3N3O/c1-15(5-9(10,11)12)6-2-3-8(14,4-6)7(13)16/h6H,2-5,14H2,1H3,(H2,13,16). The SMILES string of the molecule is CN(CC(F)(F)F)C1CCC(N)(C(N)=O)C1. The van der Waals surface area contributed by atoms with Crippen molar-refractivity contribution >= 4 is 5.91 Å². The Morgan fingerprint density at radius 2 is 2.12 bits per heavy atom. The number of hydrogen-bond acceptors (Lipinski definition) is 3. The van der Waals surface area contributed by atoms with E-state index in [0.29, 0.717) is 12.8 Å². The fraction of sp³-hybridized carbons (Fsp3) is 0.889. The molecule has 0 spiro atoms. The average molecular weight is 239 g/mol. The molecular weight excluding hydrogens is 223 g/mol. The van der Waals surface area contributed by atoms with Crippen molar-refractivity contribution in [3.8, 4) is 0 Å². The van der Waals surface area contributed by atoms with Gasteiger partial charge in [0.25, 0.3) is 0 Å². The third-order valence-corrected chi connectivity index (χ3v) is 3.07. The fourth-order valence-corrected chi connectivity index (χ4v) is 2.06. The monoisotopic (exact) mass is 239 g/mol. The predicted molar refractivity (Wildman–Crippen MR) is 52.4 cm³/mol. The zero-order valence-electron chi connectivity index (χ0n) is 9.05. The zero-order valence-corrected chi connectivity index (χ0v) is 9.05. The summed E-state index contributed by atoms with van der Waals surface area (Å²) in [6, 6.07) is -0.334. The molecule has 1 saturated carbocycles. The van der Waals surface area contributed by atoms with Gasteiger partial charge in [0.1, 0.15) is 0 Å². The molecule has 2 unspecified atom stereocenters. The smallest absolute Gasteiger partial charge is 0.368 e. The highest BCUT2D eigenvalue weighted by atomic mass is 19.4. The fourth-order valence-electron chi connectivity index (χ4n) is 2.06. The number of carbonyl (C=O) groups excluding carboxylic acids is 1. The van der Waals surface area contributed by atoms with Crippen LogP contribution in [0.2, 0.25) is 0 Å². The predicted octanol–water partition coefficient (Wildman–Crippen LogP) is 0.216. The van der Waals surface area contributed by atoms with Gasteiger partial charge in [-0.3, -0.25) is 9.69 Å². The van der Waals surface area contributed by atoms with Gasteiger partial charge in [-0.15, -0.1) is 0 Å². The summed E-state index contributed by atoms with van der Waals surface area (Å²) in [5, 5.41) is 0. The summed E-state index contributed by atoms with van der Waals surface area (Å²) in [6.45, 7) is -0.994. The van der Waals surface area contributed by atoms with E-state index < -0.39 is 24.2 Å². The van der Waals surface area contributed by atoms with Crippen molar-refractivity contribution in [2.24, 2.45) is 11.5 Å². The molecule has 4 N–H and O–H groups in total. The molecule has 1 amide bonds. The van der Waals surface area contributed by atoms with Crippen molar-refractivity contribution in [1.82, 2.24) is 4.90 Å². The van der Waals surface area contributed by atoms with Crippen LogP contribution in [0.3, 0.4) is 0 Å². The Kier molecular flexibility index (Phi) is 3.49. The lowest BCUT2D eigenvalue weighted by Crippen LogP contribution is -2.51. The summed E-state index contributed by atoms with van der Waals surface area (Å²) in [7, 11) is 1.38. The molecule has 0 radical (unpaired) electrons. The van der Waals surface area contributed by atoms with E-state index in [9.17, 15) is 18.0 Å². The normalized spacial score (nSPS) is 31.0. The molecule has 0 aromatic rings. The first kappa shape index (κ1) is 13.2. The first-order valence-corrected chi connectivity index (χ1v) is 5.00. The van der Waals surface area contributed by atoms with Crippen LogP contribution in [-0.2, 0) is 4.79 Å². The number of nitrogens with zero attached hydrogens (tertiary/aromatic N) is 1. The summed E-state index contributed by atoms with van der Waals surface area (Å²) in [5.41, 5.74) is 9.68. The molecule has 94 valence electrons. The Morgan fingerprint density at radius 1 is 1.56 bits per heavy atom. The van der Waals surface area contributed by atoms with E-state index in [2.05, 4.69) is 0 Å². The summed E-state index contributed by atoms with van der Waals surface area (Å²) in [4.78, 5) is 12.2. The number of halogens is 3. The number of rotatable bonds is 3. The quantitative estimate of drug-likeness (QED) is 0.739. The van der Waals surface area contributed by atoms with Crippen LogP contribution in [0.5, 0.6) is 0 Å². The van der Waals surface area contributed by atoms with Gasteiger partial charge in [0.15, 0.2) is 0 Å². The lowest BCUT2D eigenvalue weighted by molar-refractivity contribution is -0.147. The Balaban J connectivity index is 2.56. The van der Waals surface area contributed by atoms with Gasteiger partial charge in [0, 0.05) is 6.04 Å². The van der Waals surface area contributed by atoms with Crippen molar-refractivity contribution in [3.05, 3.63) is 0 Å². The summed E-state index contributed by atoms with van der Waals surface area (Å²) < 4.78 is 36.4. The molecule has 4 nitrogen and oxygen atoms in total. The highest BCUT2D eigenvalue weighted by Crippen LogP contribution is 2.31. The van der Waals surface area contributed by atoms with Gasteiger partial charge in [0.05, 0.1) is 12.1 Å². The summed E-state index contributed by atoms with van der Waals surface area (Å²) >= 11 is 0. The minimum Gasteiger partial charge on any atom is -0.368 e. The van der Waals surface area contributed by atoms with Crippen LogP contribution in [0.15, 0.2) is 0 Å². The minimum atomic E-state index is -4.23. The second kappa shape index (κ2) is 4.21. The van der Waals surface area contributed by atoms with Crippen LogP contribution in [0, 0.1) is 0 Å². The summed E-state index contributed by atoms with van der Waals surface area (Å²) in [5.74, 6) is -0.643. The number of primary amides is 1. The Bertz CT molecular complexity index is 282. The van der Waals surface area contributed by atoms with Gasteiger partial charge in [-0.25, -0.2) is 0 Å². The molecule has 0 aliphatic heterocycles. The second-order valence-corrected chi connectivity index (χ2v) is 4.45. The number of alkyl halides is 3. The first-order chi connectivity index (χ1) is 7.14. The highest BCUT2D eigenvalue weighted by Gasteiger charge is 2.43. The van der Waals surface area contributed by atoms with Crippen molar-refractivity contribution in [2.45, 2.75) is 37.0 Å². The third kappa shape index (κ3) is 3.08. The minimum absolute atomic E-state index is 0.189. The van der Waals surface area contributed by atoms with Gasteiger partial charge in [0.2, 0.25) is 5.91 Å². The van der Waals surface area contributed by atoms with Crippen molar-refractivity contribution in [3.63, 3.8) is 0 Å². The van der Waals surface area contributed by atoms with Gasteiger partial charge in [-0.2, -0.15) is 13.2 Å². The Hall–Kier alpha value is -0.820. The summed E-state index contributed by atoms with van der Waals surface area (Å²) in [6.07, 6.45) is -3.24. The van der Waals surface area contributed by atoms with E-state index in [1.54, 1.807) is 0 Å². The molecule has 0 bridgehead atoms. The molecule has 16 heavy (non-hydrogen) atoms. The van der Waals surface area contributed by atoms with Crippen LogP contribution in [0.25, 0.3) is 0 Å². The molecule has 1 fully saturated rings. The van der Waals surface area contributed by atoms with Crippen LogP contribution in [0.4, 0.5) is 13.2 Å². The van der Waals surface area contributed by atoms with Crippen LogP contribution >= 0.6 is 0 Å². The first-order valence-electron chi connectivity index (χ1n) is 5.00. The number of amides is 1. The van der Waals surface area contributed by atoms with Crippen LogP contribution in [-0.4, -0.2) is 42.2 Å². The van der Waals surface area contributed by atoms with Gasteiger partial charge >= 0.3 is 6.18 Å². The lowest BCUT2D eigenvalue weighted by atomic mass is 9.98. The number of carbonyl (C=O) groups is 1. The lowest BCUT2D eigenvalue weighted by Gasteiger charge is -2.26. The molecule has 0 heterocycles. The van der Waals surface area contributed by atoms with Gasteiger partial charge in [-0.05, 0) is 26.3 Å². The van der Waals surface area contributed by atoms with E-state index >= 15 is 0 Å². The number of hydrogen-bond donors (Lipinski definition) is 2. The Labute approximate surface area is 91.8 Å². The molecule has 1 aliphatic rings. The van der Waals surface area contributed by atoms with Crippen molar-refractivity contribution in [2.75, 3.05) is 13.6 Å². The van der Waals surface area contributed by atoms with Crippen LogP contribution in [0.1, 0.15) is 19.3 Å². The molecule has 7 heteroatoms. The highest BCUT2D eigenvalue weighted by molar-refractivity contribution is 5.84.